The van der Waals surface area contributed by atoms with Gasteiger partial charge in [-0.15, -0.1) is 0 Å². The number of hydrogen-bond acceptors (Lipinski definition) is 5. The quantitative estimate of drug-likeness (QED) is 0.897. The zero-order chi connectivity index (χ0) is 17.3. The molecular formula is C16H21N5O3. The van der Waals surface area contributed by atoms with Gasteiger partial charge in [0.25, 0.3) is 5.78 Å². The van der Waals surface area contributed by atoms with Crippen molar-refractivity contribution < 1.29 is 14.7 Å². The van der Waals surface area contributed by atoms with Crippen molar-refractivity contribution in [3.05, 3.63) is 23.3 Å². The Morgan fingerprint density at radius 3 is 2.92 bits per heavy atom. The van der Waals surface area contributed by atoms with E-state index in [0.717, 1.165) is 23.4 Å². The number of piperidine rings is 1. The first kappa shape index (κ1) is 16.4. The summed E-state index contributed by atoms with van der Waals surface area (Å²) in [5, 5.41) is 13.3. The molecular weight excluding hydrogens is 310 g/mol. The van der Waals surface area contributed by atoms with Crippen molar-refractivity contribution in [3.63, 3.8) is 0 Å². The molecule has 1 aliphatic rings. The van der Waals surface area contributed by atoms with Gasteiger partial charge in [-0.1, -0.05) is 0 Å². The second-order valence-electron chi connectivity index (χ2n) is 6.25. The number of rotatable bonds is 4. The first-order valence-electron chi connectivity index (χ1n) is 8.13. The topological polar surface area (TPSA) is 101 Å². The van der Waals surface area contributed by atoms with Crippen LogP contribution >= 0.6 is 0 Å². The van der Waals surface area contributed by atoms with Crippen LogP contribution in [0, 0.1) is 19.8 Å². The monoisotopic (exact) mass is 331 g/mol. The second-order valence-corrected chi connectivity index (χ2v) is 6.25. The summed E-state index contributed by atoms with van der Waals surface area (Å²) in [5.74, 6) is -0.710. The summed E-state index contributed by atoms with van der Waals surface area (Å²) < 4.78 is 1.67. The van der Waals surface area contributed by atoms with Gasteiger partial charge < -0.3 is 10.0 Å². The van der Waals surface area contributed by atoms with Crippen molar-refractivity contribution in [3.8, 4) is 0 Å². The molecule has 1 saturated heterocycles. The number of nitrogens with zero attached hydrogens (tertiary/aromatic N) is 5. The lowest BCUT2D eigenvalue weighted by Gasteiger charge is -2.30. The van der Waals surface area contributed by atoms with Crippen LogP contribution in [0.1, 0.15) is 36.2 Å². The van der Waals surface area contributed by atoms with E-state index in [0.29, 0.717) is 38.1 Å². The maximum atomic E-state index is 12.5. The van der Waals surface area contributed by atoms with Crippen LogP contribution < -0.4 is 0 Å². The Bertz CT molecular complexity index is 785. The fraction of sp³-hybridized carbons (Fsp3) is 0.562. The van der Waals surface area contributed by atoms with Crippen molar-refractivity contribution in [2.45, 2.75) is 39.5 Å². The van der Waals surface area contributed by atoms with Gasteiger partial charge in [-0.3, -0.25) is 9.59 Å². The van der Waals surface area contributed by atoms with E-state index in [1.807, 2.05) is 13.8 Å². The Balaban J connectivity index is 1.69. The molecule has 3 heterocycles. The average Bonchev–Trinajstić information content (AvgIpc) is 3.03. The molecule has 0 spiro atoms. The zero-order valence-electron chi connectivity index (χ0n) is 13.9. The molecule has 0 radical (unpaired) electrons. The molecule has 0 unspecified atom stereocenters. The molecule has 1 atom stereocenters. The lowest BCUT2D eigenvalue weighted by atomic mass is 9.97. The lowest BCUT2D eigenvalue weighted by Crippen LogP contribution is -2.42. The number of likely N-dealkylation sites (tertiary alicyclic amines) is 1. The number of carboxylic acids is 1. The number of hydrogen-bond donors (Lipinski definition) is 1. The van der Waals surface area contributed by atoms with Crippen molar-refractivity contribution in [1.82, 2.24) is 24.5 Å². The van der Waals surface area contributed by atoms with Crippen molar-refractivity contribution in [2.75, 3.05) is 13.1 Å². The van der Waals surface area contributed by atoms with E-state index in [4.69, 9.17) is 5.11 Å². The normalized spacial score (nSPS) is 18.1. The van der Waals surface area contributed by atoms with E-state index in [2.05, 4.69) is 15.1 Å². The van der Waals surface area contributed by atoms with E-state index in [1.165, 1.54) is 6.33 Å². The summed E-state index contributed by atoms with van der Waals surface area (Å²) in [6.45, 7) is 4.80. The molecule has 8 heteroatoms. The third-order valence-electron chi connectivity index (χ3n) is 4.70. The van der Waals surface area contributed by atoms with E-state index in [1.54, 1.807) is 9.42 Å². The van der Waals surface area contributed by atoms with Crippen molar-refractivity contribution >= 4 is 17.7 Å². The molecule has 1 N–H and O–H groups in total. The van der Waals surface area contributed by atoms with E-state index in [9.17, 15) is 9.59 Å². The maximum Gasteiger partial charge on any atom is 0.308 e. The van der Waals surface area contributed by atoms with Gasteiger partial charge in [0.05, 0.1) is 5.92 Å². The summed E-state index contributed by atoms with van der Waals surface area (Å²) in [5.41, 5.74) is 2.78. The molecule has 0 aromatic carbocycles. The number of aromatic nitrogens is 4. The second kappa shape index (κ2) is 6.54. The van der Waals surface area contributed by atoms with Gasteiger partial charge in [-0.2, -0.15) is 10.1 Å². The third-order valence-corrected chi connectivity index (χ3v) is 4.70. The lowest BCUT2D eigenvalue weighted by molar-refractivity contribution is -0.145. The highest BCUT2D eigenvalue weighted by molar-refractivity contribution is 5.78. The van der Waals surface area contributed by atoms with Crippen LogP contribution in [0.15, 0.2) is 6.33 Å². The smallest absolute Gasteiger partial charge is 0.308 e. The molecule has 3 rings (SSSR count). The molecule has 1 aliphatic heterocycles. The largest absolute Gasteiger partial charge is 0.481 e. The Kier molecular flexibility index (Phi) is 4.46. The summed E-state index contributed by atoms with van der Waals surface area (Å²) in [7, 11) is 0. The van der Waals surface area contributed by atoms with Gasteiger partial charge in [0, 0.05) is 30.9 Å². The molecule has 2 aromatic heterocycles. The Morgan fingerprint density at radius 2 is 2.17 bits per heavy atom. The predicted octanol–water partition coefficient (Wildman–Crippen LogP) is 0.997. The highest BCUT2D eigenvalue weighted by Gasteiger charge is 2.28. The summed E-state index contributed by atoms with van der Waals surface area (Å²) in [6, 6.07) is 0. The third kappa shape index (κ3) is 3.08. The number of aryl methyl sites for hydroxylation is 2. The summed E-state index contributed by atoms with van der Waals surface area (Å²) in [4.78, 5) is 33.8. The van der Waals surface area contributed by atoms with Crippen LogP contribution in [0.3, 0.4) is 0 Å². The standard InChI is InChI=1S/C16H21N5O3/c1-10-13(11(2)21-16(19-10)17-9-18-21)5-6-14(22)20-7-3-4-12(8-20)15(23)24/h9,12H,3-8H2,1-2H3,(H,23,24)/t12-/m0/s1. The predicted molar refractivity (Wildman–Crippen MR) is 85.5 cm³/mol. The minimum atomic E-state index is -0.819. The van der Waals surface area contributed by atoms with Crippen molar-refractivity contribution in [1.29, 1.82) is 0 Å². The first-order valence-corrected chi connectivity index (χ1v) is 8.13. The Labute approximate surface area is 139 Å². The highest BCUT2D eigenvalue weighted by atomic mass is 16.4. The molecule has 8 nitrogen and oxygen atoms in total. The number of carboxylic acid groups (broad SMARTS) is 1. The number of carbonyl (C=O) groups excluding carboxylic acids is 1. The fourth-order valence-electron chi connectivity index (χ4n) is 3.31. The number of amides is 1. The molecule has 2 aromatic rings. The molecule has 24 heavy (non-hydrogen) atoms. The van der Waals surface area contributed by atoms with Gasteiger partial charge in [0.2, 0.25) is 5.91 Å². The minimum Gasteiger partial charge on any atom is -0.481 e. The van der Waals surface area contributed by atoms with Crippen LogP contribution in [0.5, 0.6) is 0 Å². The zero-order valence-corrected chi connectivity index (χ0v) is 13.9. The number of fused-ring (bicyclic) bond motifs is 1. The van der Waals surface area contributed by atoms with Gasteiger partial charge in [0.1, 0.15) is 6.33 Å². The van der Waals surface area contributed by atoms with E-state index in [-0.39, 0.29) is 5.91 Å². The molecule has 0 aliphatic carbocycles. The van der Waals surface area contributed by atoms with Gasteiger partial charge in [0.15, 0.2) is 0 Å². The van der Waals surface area contributed by atoms with Crippen LogP contribution in [-0.2, 0) is 16.0 Å². The highest BCUT2D eigenvalue weighted by Crippen LogP contribution is 2.19. The Morgan fingerprint density at radius 1 is 1.38 bits per heavy atom. The maximum absolute atomic E-state index is 12.5. The molecule has 1 amide bonds. The number of carbonyl (C=O) groups is 2. The van der Waals surface area contributed by atoms with Crippen LogP contribution in [0.2, 0.25) is 0 Å². The summed E-state index contributed by atoms with van der Waals surface area (Å²) in [6.07, 6.45) is 3.75. The van der Waals surface area contributed by atoms with Crippen LogP contribution in [-0.4, -0.2) is 54.6 Å². The molecule has 0 saturated carbocycles. The average molecular weight is 331 g/mol. The summed E-state index contributed by atoms with van der Waals surface area (Å²) >= 11 is 0. The number of aliphatic carboxylic acids is 1. The van der Waals surface area contributed by atoms with Crippen LogP contribution in [0.4, 0.5) is 0 Å². The molecule has 0 bridgehead atoms. The van der Waals surface area contributed by atoms with Gasteiger partial charge >= 0.3 is 5.97 Å². The molecule has 1 fully saturated rings. The van der Waals surface area contributed by atoms with E-state index >= 15 is 0 Å². The van der Waals surface area contributed by atoms with Gasteiger partial charge in [-0.25, -0.2) is 9.50 Å². The SMILES string of the molecule is Cc1nc2ncnn2c(C)c1CCC(=O)N1CCC[C@H](C(=O)O)C1. The van der Waals surface area contributed by atoms with Crippen LogP contribution in [0.25, 0.3) is 5.78 Å². The Hall–Kier alpha value is -2.51. The van der Waals surface area contributed by atoms with Gasteiger partial charge in [-0.05, 0) is 38.7 Å². The first-order chi connectivity index (χ1) is 11.5. The minimum absolute atomic E-state index is 0.00145. The van der Waals surface area contributed by atoms with Crippen molar-refractivity contribution in [2.24, 2.45) is 5.92 Å². The molecule has 128 valence electrons. The fourth-order valence-corrected chi connectivity index (χ4v) is 3.31. The van der Waals surface area contributed by atoms with E-state index < -0.39 is 11.9 Å².